The van der Waals surface area contributed by atoms with Crippen molar-refractivity contribution in [3.63, 3.8) is 0 Å². The smallest absolute Gasteiger partial charge is 0.257 e. The van der Waals surface area contributed by atoms with Gasteiger partial charge in [-0.05, 0) is 63.1 Å². The predicted molar refractivity (Wildman–Crippen MR) is 134 cm³/mol. The minimum Gasteiger partial charge on any atom is -0.354 e. The molecule has 0 aliphatic carbocycles. The van der Waals surface area contributed by atoms with E-state index in [4.69, 9.17) is 0 Å². The van der Waals surface area contributed by atoms with Gasteiger partial charge in [0, 0.05) is 31.7 Å². The van der Waals surface area contributed by atoms with Crippen LogP contribution in [0.3, 0.4) is 0 Å². The van der Waals surface area contributed by atoms with Crippen molar-refractivity contribution in [3.8, 4) is 5.69 Å². The van der Waals surface area contributed by atoms with Gasteiger partial charge in [-0.3, -0.25) is 9.59 Å². The summed E-state index contributed by atoms with van der Waals surface area (Å²) in [5, 5.41) is 7.68. The highest BCUT2D eigenvalue weighted by molar-refractivity contribution is 5.95. The SMILES string of the molecule is Cc1nn(-c2ccccc2)cc1C(=O)N1CCC(CC(=O)N[C@@H](C)CCc2ccccc2)CC1. The number of benzene rings is 2. The number of rotatable bonds is 8. The van der Waals surface area contributed by atoms with Crippen molar-refractivity contribution in [2.75, 3.05) is 13.1 Å². The van der Waals surface area contributed by atoms with Crippen LogP contribution in [0.2, 0.25) is 0 Å². The minimum absolute atomic E-state index is 0.0251. The van der Waals surface area contributed by atoms with Crippen molar-refractivity contribution < 1.29 is 9.59 Å². The normalized spacial score (nSPS) is 15.2. The molecule has 2 aromatic carbocycles. The van der Waals surface area contributed by atoms with Gasteiger partial charge in [-0.2, -0.15) is 5.10 Å². The first-order valence-electron chi connectivity index (χ1n) is 12.2. The van der Waals surface area contributed by atoms with Crippen LogP contribution in [0.1, 0.15) is 54.2 Å². The van der Waals surface area contributed by atoms with E-state index in [1.807, 2.05) is 66.6 Å². The Morgan fingerprint density at radius 1 is 1.03 bits per heavy atom. The van der Waals surface area contributed by atoms with Crippen molar-refractivity contribution in [2.45, 2.75) is 52.0 Å². The van der Waals surface area contributed by atoms with Crippen LogP contribution >= 0.6 is 0 Å². The molecule has 0 unspecified atom stereocenters. The van der Waals surface area contributed by atoms with Gasteiger partial charge in [0.1, 0.15) is 0 Å². The molecular weight excluding hydrogens is 424 g/mol. The molecule has 0 bridgehead atoms. The summed E-state index contributed by atoms with van der Waals surface area (Å²) >= 11 is 0. The Kier molecular flexibility index (Phi) is 7.78. The molecule has 34 heavy (non-hydrogen) atoms. The summed E-state index contributed by atoms with van der Waals surface area (Å²) in [6, 6.07) is 20.3. The lowest BCUT2D eigenvalue weighted by atomic mass is 9.92. The number of carbonyl (C=O) groups is 2. The number of para-hydroxylation sites is 1. The van der Waals surface area contributed by atoms with Crippen molar-refractivity contribution in [3.05, 3.63) is 83.7 Å². The van der Waals surface area contributed by atoms with E-state index in [1.54, 1.807) is 4.68 Å². The molecule has 0 spiro atoms. The summed E-state index contributed by atoms with van der Waals surface area (Å²) in [5.74, 6) is 0.459. The third-order valence-electron chi connectivity index (χ3n) is 6.64. The van der Waals surface area contributed by atoms with Crippen LogP contribution in [0.4, 0.5) is 0 Å². The fraction of sp³-hybridized carbons (Fsp3) is 0.393. The molecule has 2 amide bonds. The first-order valence-corrected chi connectivity index (χ1v) is 12.2. The fourth-order valence-corrected chi connectivity index (χ4v) is 4.59. The Morgan fingerprint density at radius 2 is 1.68 bits per heavy atom. The summed E-state index contributed by atoms with van der Waals surface area (Å²) in [6.07, 6.45) is 5.95. The molecule has 178 valence electrons. The molecule has 1 aromatic heterocycles. The molecule has 0 radical (unpaired) electrons. The molecule has 1 aliphatic heterocycles. The minimum atomic E-state index is 0.0251. The maximum Gasteiger partial charge on any atom is 0.257 e. The molecule has 1 fully saturated rings. The topological polar surface area (TPSA) is 67.2 Å². The zero-order chi connectivity index (χ0) is 23.9. The monoisotopic (exact) mass is 458 g/mol. The van der Waals surface area contributed by atoms with Gasteiger partial charge >= 0.3 is 0 Å². The van der Waals surface area contributed by atoms with E-state index < -0.39 is 0 Å². The van der Waals surface area contributed by atoms with Crippen molar-refractivity contribution >= 4 is 11.8 Å². The number of aromatic nitrogens is 2. The number of amides is 2. The molecule has 0 saturated carbocycles. The Bertz CT molecular complexity index is 1090. The largest absolute Gasteiger partial charge is 0.354 e. The fourth-order valence-electron chi connectivity index (χ4n) is 4.59. The summed E-state index contributed by atoms with van der Waals surface area (Å²) in [6.45, 7) is 5.30. The molecule has 1 saturated heterocycles. The number of likely N-dealkylation sites (tertiary alicyclic amines) is 1. The lowest BCUT2D eigenvalue weighted by molar-refractivity contribution is -0.122. The van der Waals surface area contributed by atoms with E-state index in [0.29, 0.717) is 31.0 Å². The zero-order valence-corrected chi connectivity index (χ0v) is 20.1. The molecular formula is C28H34N4O2. The van der Waals surface area contributed by atoms with Crippen LogP contribution in [-0.4, -0.2) is 45.6 Å². The van der Waals surface area contributed by atoms with Gasteiger partial charge in [0.2, 0.25) is 5.91 Å². The number of hydrogen-bond acceptors (Lipinski definition) is 3. The molecule has 6 nitrogen and oxygen atoms in total. The number of nitrogens with one attached hydrogen (secondary N) is 1. The summed E-state index contributed by atoms with van der Waals surface area (Å²) in [4.78, 5) is 27.6. The lowest BCUT2D eigenvalue weighted by Crippen LogP contribution is -2.40. The first kappa shape index (κ1) is 23.7. The Morgan fingerprint density at radius 3 is 2.35 bits per heavy atom. The van der Waals surface area contributed by atoms with E-state index >= 15 is 0 Å². The standard InChI is InChI=1S/C28H34N4O2/c1-21(13-14-23-9-5-3-6-10-23)29-27(33)19-24-15-17-31(18-16-24)28(34)26-20-32(30-22(26)2)25-11-7-4-8-12-25/h3-12,20-21,24H,13-19H2,1-2H3,(H,29,33)/t21-/m0/s1. The van der Waals surface area contributed by atoms with Gasteiger partial charge in [-0.1, -0.05) is 48.5 Å². The third kappa shape index (κ3) is 6.13. The highest BCUT2D eigenvalue weighted by atomic mass is 16.2. The van der Waals surface area contributed by atoms with E-state index in [1.165, 1.54) is 5.56 Å². The van der Waals surface area contributed by atoms with Crippen LogP contribution in [0.25, 0.3) is 5.69 Å². The highest BCUT2D eigenvalue weighted by Gasteiger charge is 2.27. The summed E-state index contributed by atoms with van der Waals surface area (Å²) in [7, 11) is 0. The van der Waals surface area contributed by atoms with E-state index in [9.17, 15) is 9.59 Å². The van der Waals surface area contributed by atoms with Gasteiger partial charge in [-0.15, -0.1) is 0 Å². The van der Waals surface area contributed by atoms with E-state index in [0.717, 1.165) is 37.1 Å². The molecule has 6 heteroatoms. The summed E-state index contributed by atoms with van der Waals surface area (Å²) < 4.78 is 1.76. The van der Waals surface area contributed by atoms with Gasteiger partial charge < -0.3 is 10.2 Å². The molecule has 4 rings (SSSR count). The Balaban J connectivity index is 1.23. The molecule has 2 heterocycles. The van der Waals surface area contributed by atoms with Gasteiger partial charge in [0.15, 0.2) is 0 Å². The van der Waals surface area contributed by atoms with Crippen LogP contribution in [0.15, 0.2) is 66.9 Å². The molecule has 1 aliphatic rings. The van der Waals surface area contributed by atoms with Crippen LogP contribution in [0.5, 0.6) is 0 Å². The predicted octanol–water partition coefficient (Wildman–Crippen LogP) is 4.56. The van der Waals surface area contributed by atoms with Crippen molar-refractivity contribution in [2.24, 2.45) is 5.92 Å². The van der Waals surface area contributed by atoms with E-state index in [-0.39, 0.29) is 17.9 Å². The highest BCUT2D eigenvalue weighted by Crippen LogP contribution is 2.23. The number of carbonyl (C=O) groups excluding carboxylic acids is 2. The van der Waals surface area contributed by atoms with Crippen molar-refractivity contribution in [1.82, 2.24) is 20.0 Å². The molecule has 1 N–H and O–H groups in total. The number of nitrogens with zero attached hydrogens (tertiary/aromatic N) is 3. The summed E-state index contributed by atoms with van der Waals surface area (Å²) in [5.41, 5.74) is 3.62. The molecule has 3 aromatic rings. The quantitative estimate of drug-likeness (QED) is 0.538. The average molecular weight is 459 g/mol. The number of piperidine rings is 1. The van der Waals surface area contributed by atoms with Crippen LogP contribution < -0.4 is 5.32 Å². The van der Waals surface area contributed by atoms with Gasteiger partial charge in [0.05, 0.1) is 16.9 Å². The second kappa shape index (κ2) is 11.1. The average Bonchev–Trinajstić information content (AvgIpc) is 3.25. The number of aryl methyl sites for hydroxylation is 2. The third-order valence-corrected chi connectivity index (χ3v) is 6.64. The van der Waals surface area contributed by atoms with E-state index in [2.05, 4.69) is 29.5 Å². The van der Waals surface area contributed by atoms with Crippen LogP contribution in [-0.2, 0) is 11.2 Å². The van der Waals surface area contributed by atoms with Gasteiger partial charge in [-0.25, -0.2) is 4.68 Å². The Labute approximate surface area is 202 Å². The van der Waals surface area contributed by atoms with Crippen molar-refractivity contribution in [1.29, 1.82) is 0 Å². The Hall–Kier alpha value is -3.41. The maximum atomic E-state index is 13.1. The van der Waals surface area contributed by atoms with Crippen LogP contribution in [0, 0.1) is 12.8 Å². The maximum absolute atomic E-state index is 13.1. The number of hydrogen-bond donors (Lipinski definition) is 1. The first-order chi connectivity index (χ1) is 16.5. The second-order valence-electron chi connectivity index (χ2n) is 9.34. The van der Waals surface area contributed by atoms with Gasteiger partial charge in [0.25, 0.3) is 5.91 Å². The second-order valence-corrected chi connectivity index (χ2v) is 9.34. The zero-order valence-electron chi connectivity index (χ0n) is 20.1. The molecule has 1 atom stereocenters. The lowest BCUT2D eigenvalue weighted by Gasteiger charge is -2.32.